The monoisotopic (exact) mass is 423 g/mol. The first-order chi connectivity index (χ1) is 14.3. The summed E-state index contributed by atoms with van der Waals surface area (Å²) < 4.78 is 51.3. The van der Waals surface area contributed by atoms with Crippen molar-refractivity contribution in [2.75, 3.05) is 56.2 Å². The Morgan fingerprint density at radius 2 is 1.90 bits per heavy atom. The van der Waals surface area contributed by atoms with E-state index in [1.54, 1.807) is 29.2 Å². The van der Waals surface area contributed by atoms with Gasteiger partial charge in [0.2, 0.25) is 5.95 Å². The van der Waals surface area contributed by atoms with E-state index >= 15 is 0 Å². The maximum atomic E-state index is 13.4. The van der Waals surface area contributed by atoms with E-state index in [1.807, 2.05) is 0 Å². The summed E-state index contributed by atoms with van der Waals surface area (Å²) in [6, 6.07) is 7.15. The highest BCUT2D eigenvalue weighted by Crippen LogP contribution is 2.36. The molecule has 10 heteroatoms. The topological polar surface area (TPSA) is 71.5 Å². The largest absolute Gasteiger partial charge is 0.493 e. The Morgan fingerprint density at radius 1 is 1.20 bits per heavy atom. The molecule has 162 valence electrons. The number of rotatable bonds is 6. The fourth-order valence-corrected chi connectivity index (χ4v) is 3.31. The van der Waals surface area contributed by atoms with Crippen molar-refractivity contribution in [3.63, 3.8) is 0 Å². The lowest BCUT2D eigenvalue weighted by Crippen LogP contribution is -2.44. The van der Waals surface area contributed by atoms with Gasteiger partial charge in [0, 0.05) is 43.5 Å². The molecule has 2 fully saturated rings. The van der Waals surface area contributed by atoms with Crippen LogP contribution in [0.4, 0.5) is 30.6 Å². The fraction of sp³-hybridized carbons (Fsp3) is 0.500. The van der Waals surface area contributed by atoms with Crippen molar-refractivity contribution in [2.24, 2.45) is 5.41 Å². The van der Waals surface area contributed by atoms with E-state index in [9.17, 15) is 13.2 Å². The van der Waals surface area contributed by atoms with Crippen LogP contribution in [0.5, 0.6) is 5.75 Å². The molecule has 0 atom stereocenters. The number of anilines is 3. The van der Waals surface area contributed by atoms with Crippen LogP contribution in [0, 0.1) is 5.41 Å². The number of nitrogens with zero attached hydrogens (tertiary/aromatic N) is 3. The molecular formula is C20H24F3N5O2. The Labute approximate surface area is 172 Å². The van der Waals surface area contributed by atoms with Crippen molar-refractivity contribution in [1.29, 1.82) is 0 Å². The normalized spacial score (nSPS) is 18.6. The molecule has 2 aromatic rings. The van der Waals surface area contributed by atoms with Gasteiger partial charge in [-0.3, -0.25) is 0 Å². The Bertz CT molecular complexity index is 866. The minimum atomic E-state index is -4.51. The number of aromatic nitrogens is 2. The van der Waals surface area contributed by atoms with Gasteiger partial charge in [0.15, 0.2) is 0 Å². The fourth-order valence-electron chi connectivity index (χ4n) is 3.31. The molecule has 2 aliphatic heterocycles. The standard InChI is InChI=1S/C20H24F3N5O2/c1-19(11-29-12-19)13-30-15-4-2-14(3-5-15)26-18-25-10-16(20(21,22)23)17(27-18)28-8-6-24-7-9-28/h2-5,10,24H,6-9,11-13H2,1H3,(H,25,26,27). The first-order valence-corrected chi connectivity index (χ1v) is 9.80. The van der Waals surface area contributed by atoms with Crippen LogP contribution in [0.1, 0.15) is 12.5 Å². The van der Waals surface area contributed by atoms with Crippen molar-refractivity contribution in [3.8, 4) is 5.75 Å². The van der Waals surface area contributed by atoms with Crippen molar-refractivity contribution in [2.45, 2.75) is 13.1 Å². The second-order valence-electron chi connectivity index (χ2n) is 7.91. The molecule has 0 radical (unpaired) electrons. The van der Waals surface area contributed by atoms with Crippen molar-refractivity contribution >= 4 is 17.5 Å². The SMILES string of the molecule is CC1(COc2ccc(Nc3ncc(C(F)(F)F)c(N4CCNCC4)n3)cc2)COC1. The zero-order chi connectivity index (χ0) is 21.2. The third-order valence-electron chi connectivity index (χ3n) is 5.09. The molecule has 1 aromatic heterocycles. The van der Waals surface area contributed by atoms with Crippen molar-refractivity contribution in [3.05, 3.63) is 36.0 Å². The minimum Gasteiger partial charge on any atom is -0.493 e. The van der Waals surface area contributed by atoms with E-state index in [-0.39, 0.29) is 17.2 Å². The molecule has 0 spiro atoms. The van der Waals surface area contributed by atoms with Gasteiger partial charge in [-0.2, -0.15) is 18.2 Å². The van der Waals surface area contributed by atoms with E-state index in [1.165, 1.54) is 0 Å². The van der Waals surface area contributed by atoms with E-state index in [2.05, 4.69) is 27.5 Å². The Morgan fingerprint density at radius 3 is 2.50 bits per heavy atom. The van der Waals surface area contributed by atoms with Gasteiger partial charge >= 0.3 is 6.18 Å². The lowest BCUT2D eigenvalue weighted by atomic mass is 9.90. The van der Waals surface area contributed by atoms with Gasteiger partial charge in [0.05, 0.1) is 19.8 Å². The lowest BCUT2D eigenvalue weighted by Gasteiger charge is -2.37. The molecule has 4 rings (SSSR count). The first kappa shape index (κ1) is 20.7. The van der Waals surface area contributed by atoms with Crippen LogP contribution in [-0.2, 0) is 10.9 Å². The molecule has 0 aliphatic carbocycles. The van der Waals surface area contributed by atoms with Gasteiger partial charge in [0.25, 0.3) is 0 Å². The molecule has 2 saturated heterocycles. The summed E-state index contributed by atoms with van der Waals surface area (Å²) in [5.74, 6) is 0.727. The van der Waals surface area contributed by atoms with Crippen LogP contribution in [0.3, 0.4) is 0 Å². The Balaban J connectivity index is 1.47. The third kappa shape index (κ3) is 4.76. The smallest absolute Gasteiger partial charge is 0.421 e. The van der Waals surface area contributed by atoms with Gasteiger partial charge in [-0.1, -0.05) is 6.92 Å². The summed E-state index contributed by atoms with van der Waals surface area (Å²) in [5.41, 5.74) is -0.121. The van der Waals surface area contributed by atoms with E-state index in [0.29, 0.717) is 57.4 Å². The highest BCUT2D eigenvalue weighted by molar-refractivity contribution is 5.58. The number of nitrogens with one attached hydrogen (secondary N) is 2. The van der Waals surface area contributed by atoms with E-state index in [4.69, 9.17) is 9.47 Å². The molecule has 3 heterocycles. The molecule has 0 saturated carbocycles. The maximum absolute atomic E-state index is 13.4. The number of hydrogen-bond donors (Lipinski definition) is 2. The van der Waals surface area contributed by atoms with Gasteiger partial charge in [0.1, 0.15) is 17.1 Å². The predicted molar refractivity (Wildman–Crippen MR) is 106 cm³/mol. The summed E-state index contributed by atoms with van der Waals surface area (Å²) in [7, 11) is 0. The Hall–Kier alpha value is -2.59. The maximum Gasteiger partial charge on any atom is 0.421 e. The molecule has 0 bridgehead atoms. The number of halogens is 3. The van der Waals surface area contributed by atoms with Gasteiger partial charge in [-0.05, 0) is 24.3 Å². The number of benzene rings is 1. The van der Waals surface area contributed by atoms with Crippen LogP contribution < -0.4 is 20.3 Å². The molecule has 7 nitrogen and oxygen atoms in total. The van der Waals surface area contributed by atoms with Crippen LogP contribution in [0.25, 0.3) is 0 Å². The number of alkyl halides is 3. The summed E-state index contributed by atoms with van der Waals surface area (Å²) in [5, 5.41) is 6.11. The molecule has 0 amide bonds. The number of piperazine rings is 1. The lowest BCUT2D eigenvalue weighted by molar-refractivity contribution is -0.137. The van der Waals surface area contributed by atoms with Gasteiger partial charge < -0.3 is 25.0 Å². The second-order valence-corrected chi connectivity index (χ2v) is 7.91. The van der Waals surface area contributed by atoms with Crippen molar-refractivity contribution < 1.29 is 22.6 Å². The molecule has 0 unspecified atom stereocenters. The highest BCUT2D eigenvalue weighted by atomic mass is 19.4. The summed E-state index contributed by atoms with van der Waals surface area (Å²) >= 11 is 0. The summed E-state index contributed by atoms with van der Waals surface area (Å²) in [4.78, 5) is 9.69. The molecular weight excluding hydrogens is 399 g/mol. The van der Waals surface area contributed by atoms with Crippen LogP contribution >= 0.6 is 0 Å². The predicted octanol–water partition coefficient (Wildman–Crippen LogP) is 3.06. The number of ether oxygens (including phenoxy) is 2. The zero-order valence-electron chi connectivity index (χ0n) is 16.6. The van der Waals surface area contributed by atoms with Crippen molar-refractivity contribution in [1.82, 2.24) is 15.3 Å². The average Bonchev–Trinajstić information content (AvgIpc) is 2.72. The molecule has 30 heavy (non-hydrogen) atoms. The third-order valence-corrected chi connectivity index (χ3v) is 5.09. The average molecular weight is 423 g/mol. The first-order valence-electron chi connectivity index (χ1n) is 9.80. The summed E-state index contributed by atoms with van der Waals surface area (Å²) in [6.45, 7) is 6.17. The second kappa shape index (κ2) is 8.27. The molecule has 2 N–H and O–H groups in total. The van der Waals surface area contributed by atoms with Crippen LogP contribution in [-0.4, -0.2) is 56.0 Å². The van der Waals surface area contributed by atoms with E-state index in [0.717, 1.165) is 6.20 Å². The molecule has 1 aromatic carbocycles. The highest BCUT2D eigenvalue weighted by Gasteiger charge is 2.37. The summed E-state index contributed by atoms with van der Waals surface area (Å²) in [6.07, 6.45) is -3.68. The van der Waals surface area contributed by atoms with E-state index < -0.39 is 11.7 Å². The van der Waals surface area contributed by atoms with Gasteiger partial charge in [-0.25, -0.2) is 4.98 Å². The van der Waals surface area contributed by atoms with Crippen LogP contribution in [0.15, 0.2) is 30.5 Å². The number of hydrogen-bond acceptors (Lipinski definition) is 7. The Kier molecular flexibility index (Phi) is 5.70. The quantitative estimate of drug-likeness (QED) is 0.740. The minimum absolute atomic E-state index is 0.0470. The zero-order valence-corrected chi connectivity index (χ0v) is 16.6. The molecule has 2 aliphatic rings. The van der Waals surface area contributed by atoms with Gasteiger partial charge in [-0.15, -0.1) is 0 Å². The van der Waals surface area contributed by atoms with Crippen LogP contribution in [0.2, 0.25) is 0 Å².